The molecule has 8 nitrogen and oxygen atoms in total. The Balaban J connectivity index is 1.39. The molecule has 0 spiro atoms. The fourth-order valence-electron chi connectivity index (χ4n) is 6.68. The number of aliphatic carboxylic acids is 1. The zero-order valence-corrected chi connectivity index (χ0v) is 22.7. The number of hydrogen-bond acceptors (Lipinski definition) is 5. The summed E-state index contributed by atoms with van der Waals surface area (Å²) >= 11 is 6.61. The van der Waals surface area contributed by atoms with Gasteiger partial charge >= 0.3 is 5.97 Å². The van der Waals surface area contributed by atoms with E-state index in [1.807, 2.05) is 23.1 Å². The Morgan fingerprint density at radius 2 is 1.85 bits per heavy atom. The molecule has 0 bridgehead atoms. The molecular formula is C30H34ClN3O5. The Labute approximate surface area is 232 Å². The maximum atomic E-state index is 14.2. The number of aliphatic hydroxyl groups is 1. The Morgan fingerprint density at radius 1 is 1.05 bits per heavy atom. The number of fused-ring (bicyclic) bond motifs is 1. The van der Waals surface area contributed by atoms with E-state index in [2.05, 4.69) is 0 Å². The minimum atomic E-state index is -0.788. The van der Waals surface area contributed by atoms with Crippen LogP contribution in [0.5, 0.6) is 0 Å². The number of carbonyl (C=O) groups excluding carboxylic acids is 2. The molecule has 2 aromatic rings. The van der Waals surface area contributed by atoms with E-state index in [1.165, 1.54) is 4.68 Å². The lowest BCUT2D eigenvalue weighted by molar-refractivity contribution is -0.142. The fraction of sp³-hybridized carbons (Fsp3) is 0.533. The van der Waals surface area contributed by atoms with Crippen LogP contribution < -0.4 is 0 Å². The lowest BCUT2D eigenvalue weighted by Crippen LogP contribution is -2.43. The molecule has 1 aromatic heterocycles. The van der Waals surface area contributed by atoms with Crippen molar-refractivity contribution in [3.8, 4) is 0 Å². The van der Waals surface area contributed by atoms with E-state index in [-0.39, 0.29) is 30.4 Å². The first-order valence-corrected chi connectivity index (χ1v) is 14.5. The van der Waals surface area contributed by atoms with Crippen molar-refractivity contribution < 1.29 is 24.6 Å². The third-order valence-corrected chi connectivity index (χ3v) is 9.34. The van der Waals surface area contributed by atoms with Crippen molar-refractivity contribution in [3.63, 3.8) is 0 Å². The van der Waals surface area contributed by atoms with Gasteiger partial charge in [-0.2, -0.15) is 9.78 Å². The summed E-state index contributed by atoms with van der Waals surface area (Å²) in [7, 11) is 0. The van der Waals surface area contributed by atoms with Gasteiger partial charge in [0.15, 0.2) is 0 Å². The maximum Gasteiger partial charge on any atom is 0.306 e. The molecule has 0 radical (unpaired) electrons. The topological polar surface area (TPSA) is 113 Å². The number of aromatic nitrogens is 2. The third-order valence-electron chi connectivity index (χ3n) is 9.03. The average Bonchev–Trinajstić information content (AvgIpc) is 3.56. The van der Waals surface area contributed by atoms with E-state index in [9.17, 15) is 24.6 Å². The van der Waals surface area contributed by atoms with Gasteiger partial charge in [0.1, 0.15) is 0 Å². The predicted octanol–water partition coefficient (Wildman–Crippen LogP) is 4.46. The molecule has 1 aliphatic heterocycles. The summed E-state index contributed by atoms with van der Waals surface area (Å²) in [6.07, 6.45) is 8.93. The highest BCUT2D eigenvalue weighted by Gasteiger charge is 2.39. The number of allylic oxidation sites excluding steroid dienone is 2. The van der Waals surface area contributed by atoms with Gasteiger partial charge in [0.25, 0.3) is 5.91 Å². The number of carbonyl (C=O) groups is 3. The molecule has 39 heavy (non-hydrogen) atoms. The minimum Gasteiger partial charge on any atom is -0.481 e. The first kappa shape index (κ1) is 26.3. The number of rotatable bonds is 6. The van der Waals surface area contributed by atoms with E-state index >= 15 is 0 Å². The Kier molecular flexibility index (Phi) is 7.10. The van der Waals surface area contributed by atoms with Crippen molar-refractivity contribution >= 4 is 35.0 Å². The minimum absolute atomic E-state index is 0.0355. The van der Waals surface area contributed by atoms with Crippen LogP contribution >= 0.6 is 11.6 Å². The molecule has 1 amide bonds. The first-order chi connectivity index (χ1) is 18.9. The van der Waals surface area contributed by atoms with Gasteiger partial charge in [-0.3, -0.25) is 14.4 Å². The third kappa shape index (κ3) is 4.82. The standard InChI is InChI=1S/C30H34ClN3O5/c31-24-5-1-4-22(17-6-7-17)26(24)29(37)34-25-15-20(28(36)33-14-2-3-21(33)16-35)12-13-23(25)27(32-34)18-8-10-19(11-9-18)30(38)39/h1,4-5,8,17,19-21,35H,2-3,6-7,9-16H2,(H,38,39). The number of likely N-dealkylation sites (tertiary alicyclic amines) is 1. The molecule has 3 unspecified atom stereocenters. The highest BCUT2D eigenvalue weighted by molar-refractivity contribution is 6.34. The molecular weight excluding hydrogens is 518 g/mol. The molecule has 206 valence electrons. The lowest BCUT2D eigenvalue weighted by Gasteiger charge is -2.30. The highest BCUT2D eigenvalue weighted by Crippen LogP contribution is 2.44. The van der Waals surface area contributed by atoms with Gasteiger partial charge in [0, 0.05) is 24.4 Å². The molecule has 9 heteroatoms. The zero-order valence-electron chi connectivity index (χ0n) is 21.9. The van der Waals surface area contributed by atoms with Gasteiger partial charge in [-0.1, -0.05) is 29.8 Å². The number of carboxylic acids is 1. The molecule has 2 N–H and O–H groups in total. The van der Waals surface area contributed by atoms with E-state index in [0.717, 1.165) is 53.8 Å². The molecule has 4 aliphatic rings. The van der Waals surface area contributed by atoms with Crippen LogP contribution in [0.4, 0.5) is 0 Å². The van der Waals surface area contributed by atoms with Crippen LogP contribution in [0.1, 0.15) is 90.2 Å². The molecule has 3 atom stereocenters. The van der Waals surface area contributed by atoms with E-state index in [0.29, 0.717) is 61.6 Å². The molecule has 6 rings (SSSR count). The van der Waals surface area contributed by atoms with Gasteiger partial charge in [-0.15, -0.1) is 0 Å². The largest absolute Gasteiger partial charge is 0.481 e. The quantitative estimate of drug-likeness (QED) is 0.548. The Hall–Kier alpha value is -2.97. The summed E-state index contributed by atoms with van der Waals surface area (Å²) in [5.74, 6) is -1.39. The predicted molar refractivity (Wildman–Crippen MR) is 146 cm³/mol. The molecule has 1 saturated carbocycles. The van der Waals surface area contributed by atoms with Crippen LogP contribution in [0.25, 0.3) is 5.57 Å². The van der Waals surface area contributed by atoms with Gasteiger partial charge < -0.3 is 15.1 Å². The van der Waals surface area contributed by atoms with Crippen molar-refractivity contribution in [1.29, 1.82) is 0 Å². The zero-order chi connectivity index (χ0) is 27.3. The second-order valence-electron chi connectivity index (χ2n) is 11.5. The van der Waals surface area contributed by atoms with Crippen molar-refractivity contribution in [2.45, 2.75) is 76.2 Å². The van der Waals surface area contributed by atoms with Crippen LogP contribution in [0.15, 0.2) is 24.3 Å². The van der Waals surface area contributed by atoms with Gasteiger partial charge in [-0.25, -0.2) is 0 Å². The van der Waals surface area contributed by atoms with Crippen LogP contribution in [-0.4, -0.2) is 61.9 Å². The Bertz CT molecular complexity index is 1360. The maximum absolute atomic E-state index is 14.2. The van der Waals surface area contributed by atoms with Crippen molar-refractivity contribution in [2.75, 3.05) is 13.2 Å². The summed E-state index contributed by atoms with van der Waals surface area (Å²) in [6.45, 7) is 0.616. The number of aliphatic hydroxyl groups excluding tert-OH is 1. The Morgan fingerprint density at radius 3 is 2.54 bits per heavy atom. The van der Waals surface area contributed by atoms with Crippen LogP contribution in [-0.2, 0) is 22.4 Å². The molecule has 2 heterocycles. The summed E-state index contributed by atoms with van der Waals surface area (Å²) in [6, 6.07) is 5.45. The van der Waals surface area contributed by atoms with Crippen LogP contribution in [0.2, 0.25) is 5.02 Å². The second-order valence-corrected chi connectivity index (χ2v) is 11.9. The molecule has 1 aromatic carbocycles. The van der Waals surface area contributed by atoms with Gasteiger partial charge in [-0.05, 0) is 80.9 Å². The summed E-state index contributed by atoms with van der Waals surface area (Å²) in [5, 5.41) is 24.5. The summed E-state index contributed by atoms with van der Waals surface area (Å²) < 4.78 is 1.48. The highest BCUT2D eigenvalue weighted by atomic mass is 35.5. The number of nitrogens with zero attached hydrogens (tertiary/aromatic N) is 3. The second kappa shape index (κ2) is 10.5. The number of halogens is 1. The SMILES string of the molecule is O=C(O)C1CC=C(c2nn(C(=O)c3c(Cl)cccc3C3CC3)c3c2CCC(C(=O)N2CCCC2CO)C3)CC1. The van der Waals surface area contributed by atoms with Crippen molar-refractivity contribution in [3.05, 3.63) is 57.4 Å². The molecule has 1 saturated heterocycles. The van der Waals surface area contributed by atoms with Gasteiger partial charge in [0.2, 0.25) is 5.91 Å². The molecule has 2 fully saturated rings. The summed E-state index contributed by atoms with van der Waals surface area (Å²) in [5.41, 5.74) is 4.89. The van der Waals surface area contributed by atoms with Crippen molar-refractivity contribution in [1.82, 2.24) is 14.7 Å². The smallest absolute Gasteiger partial charge is 0.306 e. The van der Waals surface area contributed by atoms with Crippen LogP contribution in [0.3, 0.4) is 0 Å². The first-order valence-electron chi connectivity index (χ1n) is 14.1. The van der Waals surface area contributed by atoms with E-state index < -0.39 is 11.9 Å². The fourth-order valence-corrected chi connectivity index (χ4v) is 6.94. The van der Waals surface area contributed by atoms with E-state index in [4.69, 9.17) is 16.7 Å². The number of hydrogen-bond donors (Lipinski definition) is 2. The number of benzene rings is 1. The molecule has 3 aliphatic carbocycles. The van der Waals surface area contributed by atoms with Crippen LogP contribution in [0, 0.1) is 11.8 Å². The van der Waals surface area contributed by atoms with Crippen molar-refractivity contribution in [2.24, 2.45) is 11.8 Å². The average molecular weight is 552 g/mol. The lowest BCUT2D eigenvalue weighted by atomic mass is 9.82. The summed E-state index contributed by atoms with van der Waals surface area (Å²) in [4.78, 5) is 41.0. The number of amides is 1. The number of carboxylic acid groups (broad SMARTS) is 1. The normalized spacial score (nSPS) is 24.8. The van der Waals surface area contributed by atoms with E-state index in [1.54, 1.807) is 6.07 Å². The monoisotopic (exact) mass is 551 g/mol. The van der Waals surface area contributed by atoms with Gasteiger partial charge in [0.05, 0.1) is 40.5 Å².